The molecule has 0 spiro atoms. The standard InChI is InChI=1S/C26H31NO7/c1-5-6-13-34-19-9-7-8-18(15-19)24(28)22-23(27(12-14-31-2)26(30)25(22)29)17-10-11-20(32-3)21(16-17)33-4/h7-11,15-16,23,28H,5-6,12-14H2,1-4H3/b24-22+. The van der Waals surface area contributed by atoms with Crippen LogP contribution in [-0.4, -0.2) is 62.8 Å². The molecular formula is C26H31NO7. The molecule has 0 bridgehead atoms. The van der Waals surface area contributed by atoms with Gasteiger partial charge < -0.3 is 29.0 Å². The van der Waals surface area contributed by atoms with Crippen molar-refractivity contribution in [3.05, 3.63) is 59.2 Å². The molecule has 2 aromatic rings. The molecule has 0 saturated carbocycles. The first kappa shape index (κ1) is 25.1. The van der Waals surface area contributed by atoms with E-state index >= 15 is 0 Å². The summed E-state index contributed by atoms with van der Waals surface area (Å²) in [5.41, 5.74) is 0.994. The first-order valence-corrected chi connectivity index (χ1v) is 11.2. The Labute approximate surface area is 199 Å². The van der Waals surface area contributed by atoms with Gasteiger partial charge in [-0.05, 0) is 36.2 Å². The predicted molar refractivity (Wildman–Crippen MR) is 127 cm³/mol. The maximum atomic E-state index is 13.1. The van der Waals surface area contributed by atoms with Crippen molar-refractivity contribution in [3.8, 4) is 17.2 Å². The molecule has 1 aliphatic rings. The third kappa shape index (κ3) is 5.17. The number of aliphatic hydroxyl groups excluding tert-OH is 1. The highest BCUT2D eigenvalue weighted by Crippen LogP contribution is 2.42. The smallest absolute Gasteiger partial charge is 0.295 e. The SMILES string of the molecule is CCCCOc1cccc(/C(O)=C2\C(=O)C(=O)N(CCOC)C2c2ccc(OC)c(OC)c2)c1. The van der Waals surface area contributed by atoms with Gasteiger partial charge in [0.05, 0.1) is 39.0 Å². The number of unbranched alkanes of at least 4 members (excludes halogenated alkanes) is 1. The maximum Gasteiger partial charge on any atom is 0.295 e. The van der Waals surface area contributed by atoms with Crippen LogP contribution in [0, 0.1) is 0 Å². The van der Waals surface area contributed by atoms with Crippen molar-refractivity contribution in [2.45, 2.75) is 25.8 Å². The summed E-state index contributed by atoms with van der Waals surface area (Å²) in [4.78, 5) is 27.5. The molecular weight excluding hydrogens is 438 g/mol. The van der Waals surface area contributed by atoms with E-state index in [4.69, 9.17) is 18.9 Å². The van der Waals surface area contributed by atoms with Crippen molar-refractivity contribution in [2.75, 3.05) is 41.1 Å². The van der Waals surface area contributed by atoms with Gasteiger partial charge in [0.25, 0.3) is 11.7 Å². The second kappa shape index (κ2) is 11.6. The van der Waals surface area contributed by atoms with Crippen LogP contribution < -0.4 is 14.2 Å². The van der Waals surface area contributed by atoms with Crippen LogP contribution in [0.15, 0.2) is 48.0 Å². The fraction of sp³-hybridized carbons (Fsp3) is 0.385. The van der Waals surface area contributed by atoms with Crippen LogP contribution in [0.4, 0.5) is 0 Å². The molecule has 1 amide bonds. The van der Waals surface area contributed by atoms with E-state index in [0.717, 1.165) is 12.8 Å². The zero-order valence-corrected chi connectivity index (χ0v) is 20.0. The van der Waals surface area contributed by atoms with Gasteiger partial charge in [-0.15, -0.1) is 0 Å². The summed E-state index contributed by atoms with van der Waals surface area (Å²) >= 11 is 0. The lowest BCUT2D eigenvalue weighted by Crippen LogP contribution is -2.32. The van der Waals surface area contributed by atoms with E-state index in [1.165, 1.54) is 26.2 Å². The van der Waals surface area contributed by atoms with Gasteiger partial charge >= 0.3 is 0 Å². The summed E-state index contributed by atoms with van der Waals surface area (Å²) in [6.07, 6.45) is 1.90. The van der Waals surface area contributed by atoms with E-state index in [0.29, 0.717) is 35.0 Å². The first-order chi connectivity index (χ1) is 16.5. The third-order valence-electron chi connectivity index (χ3n) is 5.67. The molecule has 1 unspecified atom stereocenters. The summed E-state index contributed by atoms with van der Waals surface area (Å²) < 4.78 is 21.6. The number of rotatable bonds is 11. The van der Waals surface area contributed by atoms with Crippen molar-refractivity contribution in [2.24, 2.45) is 0 Å². The molecule has 0 aromatic heterocycles. The highest BCUT2D eigenvalue weighted by molar-refractivity contribution is 6.46. The molecule has 1 fully saturated rings. The van der Waals surface area contributed by atoms with Crippen molar-refractivity contribution in [1.29, 1.82) is 0 Å². The van der Waals surface area contributed by atoms with E-state index in [1.54, 1.807) is 42.5 Å². The van der Waals surface area contributed by atoms with Crippen LogP contribution in [0.5, 0.6) is 17.2 Å². The summed E-state index contributed by atoms with van der Waals surface area (Å²) in [6.45, 7) is 3.03. The average molecular weight is 470 g/mol. The molecule has 0 radical (unpaired) electrons. The fourth-order valence-electron chi connectivity index (χ4n) is 3.89. The number of benzene rings is 2. The van der Waals surface area contributed by atoms with Crippen molar-refractivity contribution >= 4 is 17.4 Å². The Hall–Kier alpha value is -3.52. The molecule has 1 heterocycles. The lowest BCUT2D eigenvalue weighted by Gasteiger charge is -2.25. The van der Waals surface area contributed by atoms with E-state index < -0.39 is 17.7 Å². The summed E-state index contributed by atoms with van der Waals surface area (Å²) in [7, 11) is 4.55. The lowest BCUT2D eigenvalue weighted by molar-refractivity contribution is -0.140. The third-order valence-corrected chi connectivity index (χ3v) is 5.67. The number of carbonyl (C=O) groups excluding carboxylic acids is 2. The second-order valence-corrected chi connectivity index (χ2v) is 7.83. The van der Waals surface area contributed by atoms with Crippen LogP contribution in [0.25, 0.3) is 5.76 Å². The Morgan fingerprint density at radius 3 is 2.44 bits per heavy atom. The zero-order chi connectivity index (χ0) is 24.7. The number of aliphatic hydroxyl groups is 1. The predicted octanol–water partition coefficient (Wildman–Crippen LogP) is 3.95. The molecule has 2 aromatic carbocycles. The van der Waals surface area contributed by atoms with E-state index in [-0.39, 0.29) is 24.5 Å². The highest BCUT2D eigenvalue weighted by atomic mass is 16.5. The molecule has 0 aliphatic carbocycles. The first-order valence-electron chi connectivity index (χ1n) is 11.2. The van der Waals surface area contributed by atoms with Crippen LogP contribution in [0.1, 0.15) is 36.9 Å². The number of methoxy groups -OCH3 is 3. The Morgan fingerprint density at radius 2 is 1.76 bits per heavy atom. The average Bonchev–Trinajstić information content (AvgIpc) is 3.11. The largest absolute Gasteiger partial charge is 0.507 e. The normalized spacial score (nSPS) is 17.2. The topological polar surface area (TPSA) is 94.5 Å². The number of hydrogen-bond acceptors (Lipinski definition) is 7. The van der Waals surface area contributed by atoms with Crippen molar-refractivity contribution in [1.82, 2.24) is 4.90 Å². The molecule has 8 heteroatoms. The van der Waals surface area contributed by atoms with Crippen LogP contribution in [0.2, 0.25) is 0 Å². The Morgan fingerprint density at radius 1 is 1.00 bits per heavy atom. The minimum atomic E-state index is -0.820. The van der Waals surface area contributed by atoms with Gasteiger partial charge in [-0.1, -0.05) is 31.5 Å². The molecule has 1 N–H and O–H groups in total. The van der Waals surface area contributed by atoms with Crippen LogP contribution in [0.3, 0.4) is 0 Å². The summed E-state index contributed by atoms with van der Waals surface area (Å²) in [5.74, 6) is -0.187. The Bertz CT molecular complexity index is 1060. The highest BCUT2D eigenvalue weighted by Gasteiger charge is 2.46. The molecule has 3 rings (SSSR count). The summed E-state index contributed by atoms with van der Waals surface area (Å²) in [5, 5.41) is 11.2. The number of ether oxygens (including phenoxy) is 4. The molecule has 1 aliphatic heterocycles. The Kier molecular flexibility index (Phi) is 8.54. The minimum absolute atomic E-state index is 0.000897. The zero-order valence-electron chi connectivity index (χ0n) is 20.0. The molecule has 182 valence electrons. The number of nitrogens with zero attached hydrogens (tertiary/aromatic N) is 1. The fourth-order valence-corrected chi connectivity index (χ4v) is 3.89. The van der Waals surface area contributed by atoms with Gasteiger partial charge in [-0.3, -0.25) is 9.59 Å². The van der Waals surface area contributed by atoms with Gasteiger partial charge in [0.2, 0.25) is 0 Å². The number of amides is 1. The maximum absolute atomic E-state index is 13.1. The lowest BCUT2D eigenvalue weighted by atomic mass is 9.95. The molecule has 1 atom stereocenters. The van der Waals surface area contributed by atoms with Crippen LogP contribution >= 0.6 is 0 Å². The molecule has 1 saturated heterocycles. The number of likely N-dealkylation sites (tertiary alicyclic amines) is 1. The number of ketones is 1. The number of hydrogen-bond donors (Lipinski definition) is 1. The van der Waals surface area contributed by atoms with Crippen molar-refractivity contribution < 1.29 is 33.6 Å². The Balaban J connectivity index is 2.11. The minimum Gasteiger partial charge on any atom is -0.507 e. The van der Waals surface area contributed by atoms with Crippen molar-refractivity contribution in [3.63, 3.8) is 0 Å². The molecule has 8 nitrogen and oxygen atoms in total. The van der Waals surface area contributed by atoms with E-state index in [1.807, 2.05) is 0 Å². The van der Waals surface area contributed by atoms with Gasteiger partial charge in [-0.25, -0.2) is 0 Å². The number of Topliss-reactive ketones (excluding diaryl/α,β-unsaturated/α-hetero) is 1. The monoisotopic (exact) mass is 469 g/mol. The van der Waals surface area contributed by atoms with Gasteiger partial charge in [-0.2, -0.15) is 0 Å². The van der Waals surface area contributed by atoms with Gasteiger partial charge in [0.1, 0.15) is 11.5 Å². The van der Waals surface area contributed by atoms with E-state index in [9.17, 15) is 14.7 Å². The van der Waals surface area contributed by atoms with E-state index in [2.05, 4.69) is 6.92 Å². The van der Waals surface area contributed by atoms with Gasteiger partial charge in [0.15, 0.2) is 11.5 Å². The quantitative estimate of drug-likeness (QED) is 0.230. The summed E-state index contributed by atoms with van der Waals surface area (Å²) in [6, 6.07) is 11.2. The van der Waals surface area contributed by atoms with Gasteiger partial charge in [0, 0.05) is 19.2 Å². The second-order valence-electron chi connectivity index (χ2n) is 7.83. The van der Waals surface area contributed by atoms with Crippen LogP contribution in [-0.2, 0) is 14.3 Å². The number of carbonyl (C=O) groups is 2. The molecule has 34 heavy (non-hydrogen) atoms.